The van der Waals surface area contributed by atoms with Gasteiger partial charge in [0.1, 0.15) is 6.04 Å². The average molecular weight is 171 g/mol. The largest absolute Gasteiger partial charge is 0.480 e. The number of aromatic nitrogens is 2. The van der Waals surface area contributed by atoms with Gasteiger partial charge in [0.15, 0.2) is 0 Å². The molecule has 1 aromatic rings. The minimum Gasteiger partial charge on any atom is -0.480 e. The molecule has 0 spiro atoms. The van der Waals surface area contributed by atoms with Crippen molar-refractivity contribution in [3.05, 3.63) is 18.7 Å². The van der Waals surface area contributed by atoms with Gasteiger partial charge in [0.25, 0.3) is 0 Å². The third-order valence-corrected chi connectivity index (χ3v) is 1.03. The lowest BCUT2D eigenvalue weighted by Crippen LogP contribution is -2.25. The Labute approximate surface area is 70.8 Å². The lowest BCUT2D eigenvalue weighted by molar-refractivity contribution is -0.138. The normalized spacial score (nSPS) is 11.2. The van der Waals surface area contributed by atoms with Gasteiger partial charge in [-0.1, -0.05) is 0 Å². The van der Waals surface area contributed by atoms with Crippen LogP contribution in [0, 0.1) is 0 Å². The second kappa shape index (κ2) is 5.31. The molecule has 0 fully saturated rings. The molecule has 0 saturated heterocycles. The van der Waals surface area contributed by atoms with Gasteiger partial charge >= 0.3 is 5.97 Å². The third-order valence-electron chi connectivity index (χ3n) is 1.03. The van der Waals surface area contributed by atoms with Crippen LogP contribution in [-0.2, 0) is 11.8 Å². The number of hydrogen-bond acceptors (Lipinski definition) is 3. The Kier molecular flexibility index (Phi) is 4.71. The summed E-state index contributed by atoms with van der Waals surface area (Å²) in [6.45, 7) is 1.42. The van der Waals surface area contributed by atoms with Crippen molar-refractivity contribution in [2.75, 3.05) is 0 Å². The Bertz CT molecular complexity index is 219. The van der Waals surface area contributed by atoms with E-state index in [2.05, 4.69) is 4.98 Å². The van der Waals surface area contributed by atoms with Gasteiger partial charge in [0.2, 0.25) is 0 Å². The molecule has 0 amide bonds. The van der Waals surface area contributed by atoms with E-state index < -0.39 is 12.0 Å². The summed E-state index contributed by atoms with van der Waals surface area (Å²) < 4.78 is 1.89. The van der Waals surface area contributed by atoms with Crippen molar-refractivity contribution in [2.24, 2.45) is 12.8 Å². The first-order chi connectivity index (χ1) is 5.54. The molecule has 0 aromatic carbocycles. The van der Waals surface area contributed by atoms with E-state index in [0.29, 0.717) is 0 Å². The highest BCUT2D eigenvalue weighted by atomic mass is 16.4. The lowest BCUT2D eigenvalue weighted by Gasteiger charge is -1.90. The molecular formula is C7H13N3O2. The van der Waals surface area contributed by atoms with Gasteiger partial charge in [0.05, 0.1) is 6.33 Å². The van der Waals surface area contributed by atoms with Crippen LogP contribution in [0.1, 0.15) is 6.92 Å². The van der Waals surface area contributed by atoms with Crippen LogP contribution in [0.15, 0.2) is 18.7 Å². The number of carbonyl (C=O) groups is 1. The molecule has 0 radical (unpaired) electrons. The van der Waals surface area contributed by atoms with E-state index in [-0.39, 0.29) is 0 Å². The monoisotopic (exact) mass is 171 g/mol. The highest BCUT2D eigenvalue weighted by molar-refractivity contribution is 5.72. The molecule has 12 heavy (non-hydrogen) atoms. The zero-order chi connectivity index (χ0) is 9.56. The van der Waals surface area contributed by atoms with Crippen molar-refractivity contribution >= 4 is 5.97 Å². The fourth-order valence-electron chi connectivity index (χ4n) is 0.326. The maximum absolute atomic E-state index is 9.57. The summed E-state index contributed by atoms with van der Waals surface area (Å²) >= 11 is 0. The molecule has 1 heterocycles. The fraction of sp³-hybridized carbons (Fsp3) is 0.429. The fourth-order valence-corrected chi connectivity index (χ4v) is 0.326. The number of carboxylic acid groups (broad SMARTS) is 1. The van der Waals surface area contributed by atoms with E-state index in [1.165, 1.54) is 6.92 Å². The van der Waals surface area contributed by atoms with Gasteiger partial charge < -0.3 is 15.4 Å². The van der Waals surface area contributed by atoms with Crippen molar-refractivity contribution in [1.82, 2.24) is 9.55 Å². The molecule has 0 saturated carbocycles. The lowest BCUT2D eigenvalue weighted by atomic mass is 10.4. The van der Waals surface area contributed by atoms with E-state index in [9.17, 15) is 4.79 Å². The molecule has 0 bridgehead atoms. The van der Waals surface area contributed by atoms with Crippen LogP contribution in [0.5, 0.6) is 0 Å². The summed E-state index contributed by atoms with van der Waals surface area (Å²) in [6, 6.07) is -0.731. The minimum absolute atomic E-state index is 0.731. The summed E-state index contributed by atoms with van der Waals surface area (Å²) in [7, 11) is 1.94. The second-order valence-electron chi connectivity index (χ2n) is 2.36. The summed E-state index contributed by atoms with van der Waals surface area (Å²) in [5.74, 6) is -0.963. The molecule has 0 aliphatic heterocycles. The smallest absolute Gasteiger partial charge is 0.320 e. The first kappa shape index (κ1) is 10.6. The molecule has 0 aliphatic rings. The van der Waals surface area contributed by atoms with E-state index in [1.807, 2.05) is 17.8 Å². The van der Waals surface area contributed by atoms with Gasteiger partial charge in [-0.2, -0.15) is 0 Å². The predicted molar refractivity (Wildman–Crippen MR) is 44.5 cm³/mol. The zero-order valence-corrected chi connectivity index (χ0v) is 7.14. The number of imidazole rings is 1. The van der Waals surface area contributed by atoms with Crippen LogP contribution in [0.4, 0.5) is 0 Å². The Hall–Kier alpha value is -1.36. The standard InChI is InChI=1S/C4H6N2.C3H7NO2/c1-6-3-2-5-4-6;1-2(4)3(5)6/h2-4H,1H3;2H,4H2,1H3,(H,5,6). The maximum atomic E-state index is 9.57. The van der Waals surface area contributed by atoms with Crippen LogP contribution in [0.2, 0.25) is 0 Å². The van der Waals surface area contributed by atoms with E-state index in [0.717, 1.165) is 0 Å². The average Bonchev–Trinajstić information content (AvgIpc) is 2.40. The zero-order valence-electron chi connectivity index (χ0n) is 7.14. The third kappa shape index (κ3) is 5.43. The number of aryl methyl sites for hydroxylation is 1. The van der Waals surface area contributed by atoms with E-state index >= 15 is 0 Å². The molecule has 1 rings (SSSR count). The Balaban J connectivity index is 0.000000202. The Morgan fingerprint density at radius 3 is 2.33 bits per heavy atom. The van der Waals surface area contributed by atoms with E-state index in [4.69, 9.17) is 10.8 Å². The maximum Gasteiger partial charge on any atom is 0.320 e. The van der Waals surface area contributed by atoms with Crippen LogP contribution >= 0.6 is 0 Å². The molecule has 0 aliphatic carbocycles. The quantitative estimate of drug-likeness (QED) is 0.615. The van der Waals surface area contributed by atoms with E-state index in [1.54, 1.807) is 12.5 Å². The molecule has 1 aromatic heterocycles. The summed E-state index contributed by atoms with van der Waals surface area (Å²) in [4.78, 5) is 13.4. The van der Waals surface area contributed by atoms with Crippen molar-refractivity contribution in [2.45, 2.75) is 13.0 Å². The predicted octanol–water partition coefficient (Wildman–Crippen LogP) is -0.162. The van der Waals surface area contributed by atoms with Gasteiger partial charge in [0, 0.05) is 19.4 Å². The van der Waals surface area contributed by atoms with Gasteiger partial charge in [-0.3, -0.25) is 4.79 Å². The van der Waals surface area contributed by atoms with Gasteiger partial charge in [-0.05, 0) is 6.92 Å². The Morgan fingerprint density at radius 1 is 1.75 bits per heavy atom. The number of carboxylic acids is 1. The number of hydrogen-bond donors (Lipinski definition) is 2. The minimum atomic E-state index is -0.963. The molecule has 1 atom stereocenters. The molecule has 68 valence electrons. The first-order valence-electron chi connectivity index (χ1n) is 3.44. The van der Waals surface area contributed by atoms with Crippen LogP contribution < -0.4 is 5.73 Å². The molecular weight excluding hydrogens is 158 g/mol. The van der Waals surface area contributed by atoms with Gasteiger partial charge in [-0.15, -0.1) is 0 Å². The summed E-state index contributed by atoms with van der Waals surface area (Å²) in [5, 5.41) is 7.87. The molecule has 5 nitrogen and oxygen atoms in total. The number of nitrogens with two attached hydrogens (primary N) is 1. The van der Waals surface area contributed by atoms with Crippen molar-refractivity contribution in [3.8, 4) is 0 Å². The summed E-state index contributed by atoms with van der Waals surface area (Å²) in [6.07, 6.45) is 5.39. The Morgan fingerprint density at radius 2 is 2.25 bits per heavy atom. The molecule has 1 unspecified atom stereocenters. The van der Waals surface area contributed by atoms with Crippen molar-refractivity contribution in [3.63, 3.8) is 0 Å². The SMILES string of the molecule is CC(N)C(=O)O.Cn1ccnc1. The molecule has 3 N–H and O–H groups in total. The van der Waals surface area contributed by atoms with Crippen LogP contribution in [-0.4, -0.2) is 26.7 Å². The summed E-state index contributed by atoms with van der Waals surface area (Å²) in [5.41, 5.74) is 4.84. The van der Waals surface area contributed by atoms with Crippen molar-refractivity contribution in [1.29, 1.82) is 0 Å². The number of nitrogens with zero attached hydrogens (tertiary/aromatic N) is 2. The topological polar surface area (TPSA) is 81.1 Å². The first-order valence-corrected chi connectivity index (χ1v) is 3.44. The van der Waals surface area contributed by atoms with Crippen molar-refractivity contribution < 1.29 is 9.90 Å². The highest BCUT2D eigenvalue weighted by Gasteiger charge is 1.99. The number of rotatable bonds is 1. The van der Waals surface area contributed by atoms with Crippen LogP contribution in [0.3, 0.4) is 0 Å². The number of aliphatic carboxylic acids is 1. The molecule has 5 heteroatoms. The van der Waals surface area contributed by atoms with Crippen LogP contribution in [0.25, 0.3) is 0 Å². The van der Waals surface area contributed by atoms with Gasteiger partial charge in [-0.25, -0.2) is 4.98 Å². The highest BCUT2D eigenvalue weighted by Crippen LogP contribution is 1.73. The second-order valence-corrected chi connectivity index (χ2v) is 2.36.